The summed E-state index contributed by atoms with van der Waals surface area (Å²) in [5.74, 6) is -0.659. The Balaban J connectivity index is 0.000000186. The van der Waals surface area contributed by atoms with Gasteiger partial charge in [0.25, 0.3) is 5.56 Å². The van der Waals surface area contributed by atoms with Crippen LogP contribution in [-0.4, -0.2) is 108 Å². The van der Waals surface area contributed by atoms with Gasteiger partial charge in [-0.05, 0) is 63.3 Å². The molecule has 0 radical (unpaired) electrons. The van der Waals surface area contributed by atoms with Gasteiger partial charge in [-0.15, -0.1) is 0 Å². The van der Waals surface area contributed by atoms with Crippen LogP contribution in [0.5, 0.6) is 0 Å². The van der Waals surface area contributed by atoms with E-state index in [-0.39, 0.29) is 17.8 Å². The van der Waals surface area contributed by atoms with Crippen LogP contribution in [0.4, 0.5) is 11.4 Å². The number of nitrogens with zero attached hydrogens (tertiary/aromatic N) is 6. The van der Waals surface area contributed by atoms with E-state index < -0.39 is 5.97 Å². The number of hydrogen-bond acceptors (Lipinski definition) is 9. The largest absolute Gasteiger partial charge is 0.466 e. The second kappa shape index (κ2) is 15.9. The molecule has 2 aromatic heterocycles. The minimum atomic E-state index is -0.465. The molecule has 47 heavy (non-hydrogen) atoms. The average Bonchev–Trinajstić information content (AvgIpc) is 3.49. The van der Waals surface area contributed by atoms with E-state index in [1.807, 2.05) is 25.1 Å². The first-order chi connectivity index (χ1) is 22.8. The predicted molar refractivity (Wildman–Crippen MR) is 187 cm³/mol. The lowest BCUT2D eigenvalue weighted by atomic mass is 10.1. The number of likely N-dealkylation sites (N-methyl/N-ethyl adjacent to an activating group) is 2. The lowest BCUT2D eigenvalue weighted by Crippen LogP contribution is -2.46. The maximum Gasteiger partial charge on any atom is 0.313 e. The lowest BCUT2D eigenvalue weighted by molar-refractivity contribution is -0.141. The summed E-state index contributed by atoms with van der Waals surface area (Å²) in [6.07, 6.45) is -0.192. The lowest BCUT2D eigenvalue weighted by Gasteiger charge is -2.35. The first kappa shape index (κ1) is 33.9. The van der Waals surface area contributed by atoms with Crippen LogP contribution in [0, 0.1) is 6.92 Å². The number of fused-ring (bicyclic) bond motifs is 1. The fourth-order valence-electron chi connectivity index (χ4n) is 6.05. The van der Waals surface area contributed by atoms with Crippen molar-refractivity contribution < 1.29 is 14.3 Å². The van der Waals surface area contributed by atoms with E-state index in [0.29, 0.717) is 23.5 Å². The molecule has 4 aromatic rings. The first-order valence-electron chi connectivity index (χ1n) is 16.7. The monoisotopic (exact) mass is 641 g/mol. The van der Waals surface area contributed by atoms with Crippen LogP contribution in [0.15, 0.2) is 65.5 Å². The van der Waals surface area contributed by atoms with Crippen LogP contribution in [0.3, 0.4) is 0 Å². The molecule has 2 aromatic carbocycles. The predicted octanol–water partition coefficient (Wildman–Crippen LogP) is 4.10. The molecule has 0 bridgehead atoms. The summed E-state index contributed by atoms with van der Waals surface area (Å²) in [4.78, 5) is 49.8. The number of benzene rings is 2. The van der Waals surface area contributed by atoms with Crippen LogP contribution in [0.25, 0.3) is 16.9 Å². The van der Waals surface area contributed by atoms with Gasteiger partial charge in [0.05, 0.1) is 12.3 Å². The van der Waals surface area contributed by atoms with Gasteiger partial charge in [-0.1, -0.05) is 26.0 Å². The van der Waals surface area contributed by atoms with E-state index in [9.17, 15) is 14.4 Å². The molecule has 2 fully saturated rings. The maximum absolute atomic E-state index is 12.2. The van der Waals surface area contributed by atoms with E-state index in [0.717, 1.165) is 82.4 Å². The Labute approximate surface area is 276 Å². The molecule has 0 spiro atoms. The molecule has 250 valence electrons. The quantitative estimate of drug-likeness (QED) is 0.164. The van der Waals surface area contributed by atoms with Crippen molar-refractivity contribution in [3.63, 3.8) is 0 Å². The van der Waals surface area contributed by atoms with Crippen molar-refractivity contribution in [2.45, 2.75) is 34.1 Å². The number of anilines is 2. The number of aromatic amines is 1. The average molecular weight is 642 g/mol. The van der Waals surface area contributed by atoms with E-state index in [4.69, 9.17) is 4.74 Å². The summed E-state index contributed by atoms with van der Waals surface area (Å²) in [5, 5.41) is 3.00. The zero-order chi connectivity index (χ0) is 33.3. The minimum absolute atomic E-state index is 0.0899. The van der Waals surface area contributed by atoms with Crippen molar-refractivity contribution in [2.24, 2.45) is 0 Å². The number of esters is 1. The molecule has 4 heterocycles. The summed E-state index contributed by atoms with van der Waals surface area (Å²) < 4.78 is 6.27. The molecule has 2 saturated heterocycles. The van der Waals surface area contributed by atoms with Crippen LogP contribution >= 0.6 is 0 Å². The van der Waals surface area contributed by atoms with Gasteiger partial charge in [0, 0.05) is 92.7 Å². The molecule has 0 saturated carbocycles. The van der Waals surface area contributed by atoms with Gasteiger partial charge in [-0.25, -0.2) is 9.50 Å². The Morgan fingerprint density at radius 2 is 1.30 bits per heavy atom. The Morgan fingerprint density at radius 3 is 1.81 bits per heavy atom. The highest BCUT2D eigenvalue weighted by Gasteiger charge is 2.18. The second-order valence-corrected chi connectivity index (χ2v) is 12.0. The smallest absolute Gasteiger partial charge is 0.313 e. The van der Waals surface area contributed by atoms with Gasteiger partial charge in [-0.3, -0.25) is 19.5 Å². The van der Waals surface area contributed by atoms with Gasteiger partial charge >= 0.3 is 5.97 Å². The molecule has 0 amide bonds. The van der Waals surface area contributed by atoms with Crippen LogP contribution < -0.4 is 15.4 Å². The van der Waals surface area contributed by atoms with Gasteiger partial charge in [-0.2, -0.15) is 0 Å². The van der Waals surface area contributed by atoms with Crippen molar-refractivity contribution in [2.75, 3.05) is 81.9 Å². The van der Waals surface area contributed by atoms with E-state index >= 15 is 0 Å². The highest BCUT2D eigenvalue weighted by molar-refractivity contribution is 6.06. The first-order valence-corrected chi connectivity index (χ1v) is 16.7. The number of rotatable bonds is 9. The number of aryl methyl sites for hydroxylation is 1. The number of Topliss-reactive ketones (excluding diaryl/α,β-unsaturated/α-hetero) is 1. The van der Waals surface area contributed by atoms with E-state index in [2.05, 4.69) is 67.8 Å². The Bertz CT molecular complexity index is 1680. The van der Waals surface area contributed by atoms with Crippen LogP contribution in [0.1, 0.15) is 43.2 Å². The SMILES string of the molecule is CCN1CCN(c2ccc(-c3cc(=O)n4[nH]c(C)cc4n3)cc2)CC1.CCOC(=O)CC(=O)c1ccc(N2CCN(CC)CC2)cc1. The summed E-state index contributed by atoms with van der Waals surface area (Å²) in [6, 6.07) is 19.3. The summed E-state index contributed by atoms with van der Waals surface area (Å²) >= 11 is 0. The van der Waals surface area contributed by atoms with Gasteiger partial charge < -0.3 is 24.3 Å². The number of ether oxygens (including phenoxy) is 1. The topological polar surface area (TPSA) is 106 Å². The molecule has 2 aliphatic rings. The molecule has 1 N–H and O–H groups in total. The molecule has 0 aliphatic carbocycles. The Hall–Kier alpha value is -4.48. The molecular formula is C36H47N7O4. The van der Waals surface area contributed by atoms with Gasteiger partial charge in [0.2, 0.25) is 0 Å². The number of ketones is 1. The maximum atomic E-state index is 12.2. The fourth-order valence-corrected chi connectivity index (χ4v) is 6.05. The molecule has 0 unspecified atom stereocenters. The molecule has 11 nitrogen and oxygen atoms in total. The van der Waals surface area contributed by atoms with Crippen molar-refractivity contribution in [1.82, 2.24) is 24.4 Å². The van der Waals surface area contributed by atoms with Gasteiger partial charge in [0.15, 0.2) is 11.4 Å². The van der Waals surface area contributed by atoms with Crippen molar-refractivity contribution in [3.05, 3.63) is 82.3 Å². The number of H-pyrrole nitrogens is 1. The van der Waals surface area contributed by atoms with Crippen LogP contribution in [-0.2, 0) is 9.53 Å². The van der Waals surface area contributed by atoms with Crippen molar-refractivity contribution in [1.29, 1.82) is 0 Å². The van der Waals surface area contributed by atoms with Crippen molar-refractivity contribution in [3.8, 4) is 11.3 Å². The number of piperazine rings is 2. The highest BCUT2D eigenvalue weighted by Crippen LogP contribution is 2.23. The Morgan fingerprint density at radius 1 is 0.766 bits per heavy atom. The molecule has 11 heteroatoms. The molecule has 0 atom stereocenters. The third-order valence-corrected chi connectivity index (χ3v) is 8.91. The van der Waals surface area contributed by atoms with E-state index in [1.54, 1.807) is 25.1 Å². The summed E-state index contributed by atoms with van der Waals surface area (Å²) in [6.45, 7) is 19.0. The van der Waals surface area contributed by atoms with E-state index in [1.165, 1.54) is 10.2 Å². The number of aromatic nitrogens is 3. The normalized spacial score (nSPS) is 15.7. The highest BCUT2D eigenvalue weighted by atomic mass is 16.5. The van der Waals surface area contributed by atoms with Crippen LogP contribution in [0.2, 0.25) is 0 Å². The third kappa shape index (κ3) is 8.66. The molecule has 6 rings (SSSR count). The minimum Gasteiger partial charge on any atom is -0.466 e. The summed E-state index contributed by atoms with van der Waals surface area (Å²) in [5.41, 5.74) is 6.08. The zero-order valence-electron chi connectivity index (χ0n) is 28.1. The number of hydrogen-bond donors (Lipinski definition) is 1. The zero-order valence-corrected chi connectivity index (χ0v) is 28.1. The number of carbonyl (C=O) groups is 2. The fraction of sp³-hybridized carbons (Fsp3) is 0.444. The molecule has 2 aliphatic heterocycles. The number of nitrogens with one attached hydrogen (secondary N) is 1. The van der Waals surface area contributed by atoms with Crippen molar-refractivity contribution >= 4 is 28.8 Å². The second-order valence-electron chi connectivity index (χ2n) is 12.0. The third-order valence-electron chi connectivity index (χ3n) is 8.91. The molecular weight excluding hydrogens is 594 g/mol. The number of carbonyl (C=O) groups excluding carboxylic acids is 2. The summed E-state index contributed by atoms with van der Waals surface area (Å²) in [7, 11) is 0. The Kier molecular flexibility index (Phi) is 11.4. The van der Waals surface area contributed by atoms with Gasteiger partial charge in [0.1, 0.15) is 6.42 Å². The standard InChI is InChI=1S/C19H23N5O.C17H24N2O3/c1-3-22-8-10-23(11-9-22)16-6-4-15(5-7-16)17-13-19(25)24-18(20-17)12-14(2)21-24;1-3-18-9-11-19(12-10-18)15-7-5-14(6-8-15)16(20)13-17(21)22-4-2/h4-7,12-13,21H,3,8-11H2,1-2H3;5-8H,3-4,9-13H2,1-2H3.